The molecule has 0 aromatic heterocycles. The lowest BCUT2D eigenvalue weighted by Gasteiger charge is -2.08. The highest BCUT2D eigenvalue weighted by Crippen LogP contribution is 2.06. The summed E-state index contributed by atoms with van der Waals surface area (Å²) in [5.74, 6) is 0. The number of hydrogen-bond donors (Lipinski definition) is 2. The van der Waals surface area contributed by atoms with Crippen LogP contribution in [0, 0.1) is 6.92 Å². The highest BCUT2D eigenvalue weighted by atomic mass is 32.1. The first-order chi connectivity index (χ1) is 9.17. The third-order valence-corrected chi connectivity index (χ3v) is 3.06. The van der Waals surface area contributed by atoms with Crippen molar-refractivity contribution in [1.29, 1.82) is 0 Å². The fourth-order valence-electron chi connectivity index (χ4n) is 1.63. The van der Waals surface area contributed by atoms with Crippen LogP contribution in [0.4, 0.5) is 0 Å². The van der Waals surface area contributed by atoms with Crippen molar-refractivity contribution in [3.8, 4) is 0 Å². The Balaban J connectivity index is 2.57. The number of thiocarbonyl (C=S) groups is 1. The van der Waals surface area contributed by atoms with Crippen LogP contribution in [-0.4, -0.2) is 17.4 Å². The standard InChI is InChI=1S/C15H23N3S/c1-4-6-11-16-15(19)18-17-14(5-2)13-9-7-12(3)8-10-13/h7-10H,4-6,11H2,1-3H3,(H2,16,18,19)/b17-14-. The van der Waals surface area contributed by atoms with Crippen molar-refractivity contribution >= 4 is 23.0 Å². The molecule has 0 aliphatic carbocycles. The van der Waals surface area contributed by atoms with Crippen LogP contribution in [-0.2, 0) is 0 Å². The minimum absolute atomic E-state index is 0.589. The molecule has 0 amide bonds. The van der Waals surface area contributed by atoms with Gasteiger partial charge in [0.1, 0.15) is 0 Å². The highest BCUT2D eigenvalue weighted by molar-refractivity contribution is 7.80. The molecule has 0 aliphatic heterocycles. The molecule has 0 heterocycles. The van der Waals surface area contributed by atoms with Crippen molar-refractivity contribution in [3.63, 3.8) is 0 Å². The molecule has 0 saturated carbocycles. The van der Waals surface area contributed by atoms with Crippen LogP contribution in [0.3, 0.4) is 0 Å². The molecule has 2 N–H and O–H groups in total. The predicted molar refractivity (Wildman–Crippen MR) is 86.7 cm³/mol. The van der Waals surface area contributed by atoms with E-state index >= 15 is 0 Å². The van der Waals surface area contributed by atoms with E-state index in [-0.39, 0.29) is 0 Å². The van der Waals surface area contributed by atoms with E-state index in [0.29, 0.717) is 5.11 Å². The number of benzene rings is 1. The van der Waals surface area contributed by atoms with Crippen LogP contribution in [0.15, 0.2) is 29.4 Å². The second kappa shape index (κ2) is 8.64. The number of aryl methyl sites for hydroxylation is 1. The fourth-order valence-corrected chi connectivity index (χ4v) is 1.78. The summed E-state index contributed by atoms with van der Waals surface area (Å²) >= 11 is 5.18. The smallest absolute Gasteiger partial charge is 0.186 e. The molecule has 0 radical (unpaired) electrons. The molecule has 0 aliphatic rings. The van der Waals surface area contributed by atoms with Gasteiger partial charge in [-0.25, -0.2) is 0 Å². The summed E-state index contributed by atoms with van der Waals surface area (Å²) in [6.07, 6.45) is 3.14. The Bertz CT molecular complexity index is 424. The summed E-state index contributed by atoms with van der Waals surface area (Å²) in [5, 5.41) is 8.11. The Morgan fingerprint density at radius 1 is 1.21 bits per heavy atom. The number of hydrogen-bond acceptors (Lipinski definition) is 2. The predicted octanol–water partition coefficient (Wildman–Crippen LogP) is 3.37. The van der Waals surface area contributed by atoms with E-state index in [2.05, 4.69) is 60.9 Å². The van der Waals surface area contributed by atoms with Gasteiger partial charge < -0.3 is 5.32 Å². The third kappa shape index (κ3) is 5.83. The number of nitrogens with one attached hydrogen (secondary N) is 2. The third-order valence-electron chi connectivity index (χ3n) is 2.83. The van der Waals surface area contributed by atoms with Gasteiger partial charge in [0.2, 0.25) is 0 Å². The van der Waals surface area contributed by atoms with E-state index in [1.165, 1.54) is 5.56 Å². The summed E-state index contributed by atoms with van der Waals surface area (Å²) in [4.78, 5) is 0. The van der Waals surface area contributed by atoms with Gasteiger partial charge in [0.25, 0.3) is 0 Å². The topological polar surface area (TPSA) is 36.4 Å². The minimum Gasteiger partial charge on any atom is -0.361 e. The van der Waals surface area contributed by atoms with E-state index < -0.39 is 0 Å². The number of unbranched alkanes of at least 4 members (excludes halogenated alkanes) is 1. The lowest BCUT2D eigenvalue weighted by atomic mass is 10.1. The highest BCUT2D eigenvalue weighted by Gasteiger charge is 2.01. The molecule has 1 rings (SSSR count). The number of hydrazone groups is 1. The molecular weight excluding hydrogens is 254 g/mol. The van der Waals surface area contributed by atoms with E-state index in [1.54, 1.807) is 0 Å². The Morgan fingerprint density at radius 2 is 1.89 bits per heavy atom. The Labute approximate surface area is 121 Å². The normalized spacial score (nSPS) is 11.2. The molecule has 4 heteroatoms. The molecule has 104 valence electrons. The summed E-state index contributed by atoms with van der Waals surface area (Å²) in [6, 6.07) is 8.37. The van der Waals surface area contributed by atoms with Crippen LogP contribution >= 0.6 is 12.2 Å². The van der Waals surface area contributed by atoms with Crippen molar-refractivity contribution in [3.05, 3.63) is 35.4 Å². The SMILES string of the molecule is CCCCNC(=S)N/N=C(/CC)c1ccc(C)cc1. The van der Waals surface area contributed by atoms with Gasteiger partial charge >= 0.3 is 0 Å². The molecule has 3 nitrogen and oxygen atoms in total. The summed E-state index contributed by atoms with van der Waals surface area (Å²) < 4.78 is 0. The van der Waals surface area contributed by atoms with Crippen molar-refractivity contribution in [2.45, 2.75) is 40.0 Å². The fraction of sp³-hybridized carbons (Fsp3) is 0.467. The van der Waals surface area contributed by atoms with Gasteiger partial charge in [0.15, 0.2) is 5.11 Å². The molecule has 0 atom stereocenters. The van der Waals surface area contributed by atoms with Crippen molar-refractivity contribution in [1.82, 2.24) is 10.7 Å². The van der Waals surface area contributed by atoms with E-state index in [4.69, 9.17) is 12.2 Å². The molecule has 0 bridgehead atoms. The van der Waals surface area contributed by atoms with Crippen molar-refractivity contribution in [2.24, 2.45) is 5.10 Å². The van der Waals surface area contributed by atoms with Crippen LogP contribution in [0.2, 0.25) is 0 Å². The van der Waals surface area contributed by atoms with Crippen molar-refractivity contribution < 1.29 is 0 Å². The zero-order chi connectivity index (χ0) is 14.1. The van der Waals surface area contributed by atoms with Gasteiger partial charge in [0.05, 0.1) is 5.71 Å². The molecule has 0 saturated heterocycles. The molecular formula is C15H23N3S. The zero-order valence-corrected chi connectivity index (χ0v) is 12.8. The summed E-state index contributed by atoms with van der Waals surface area (Å²) in [7, 11) is 0. The van der Waals surface area contributed by atoms with Gasteiger partial charge in [0, 0.05) is 6.54 Å². The summed E-state index contributed by atoms with van der Waals surface area (Å²) in [5.41, 5.74) is 6.32. The van der Waals surface area contributed by atoms with Crippen LogP contribution in [0.5, 0.6) is 0 Å². The maximum absolute atomic E-state index is 5.18. The van der Waals surface area contributed by atoms with Gasteiger partial charge in [-0.05, 0) is 37.5 Å². The monoisotopic (exact) mass is 277 g/mol. The zero-order valence-electron chi connectivity index (χ0n) is 12.0. The molecule has 1 aromatic carbocycles. The van der Waals surface area contributed by atoms with Crippen molar-refractivity contribution in [2.75, 3.05) is 6.54 Å². The Hall–Kier alpha value is -1.42. The van der Waals surface area contributed by atoms with Gasteiger partial charge in [-0.2, -0.15) is 5.10 Å². The lowest BCUT2D eigenvalue weighted by Crippen LogP contribution is -2.33. The van der Waals surface area contributed by atoms with Crippen LogP contribution in [0.1, 0.15) is 44.2 Å². The Kier molecular flexibility index (Phi) is 7.11. The Morgan fingerprint density at radius 3 is 2.47 bits per heavy atom. The molecule has 19 heavy (non-hydrogen) atoms. The van der Waals surface area contributed by atoms with E-state index in [9.17, 15) is 0 Å². The van der Waals surface area contributed by atoms with Gasteiger partial charge in [-0.3, -0.25) is 5.43 Å². The number of rotatable bonds is 6. The maximum atomic E-state index is 5.18. The van der Waals surface area contributed by atoms with E-state index in [0.717, 1.165) is 37.1 Å². The van der Waals surface area contributed by atoms with Gasteiger partial charge in [-0.15, -0.1) is 0 Å². The largest absolute Gasteiger partial charge is 0.361 e. The first-order valence-corrected chi connectivity index (χ1v) is 7.25. The van der Waals surface area contributed by atoms with Gasteiger partial charge in [-0.1, -0.05) is 50.1 Å². The first kappa shape index (κ1) is 15.6. The van der Waals surface area contributed by atoms with Crippen LogP contribution in [0.25, 0.3) is 0 Å². The second-order valence-corrected chi connectivity index (χ2v) is 4.91. The molecule has 0 fully saturated rings. The summed E-state index contributed by atoms with van der Waals surface area (Å²) in [6.45, 7) is 7.22. The molecule has 1 aromatic rings. The number of nitrogens with zero attached hydrogens (tertiary/aromatic N) is 1. The van der Waals surface area contributed by atoms with Crippen LogP contribution < -0.4 is 10.7 Å². The average molecular weight is 277 g/mol. The average Bonchev–Trinajstić information content (AvgIpc) is 2.41. The maximum Gasteiger partial charge on any atom is 0.186 e. The molecule has 0 unspecified atom stereocenters. The van der Waals surface area contributed by atoms with E-state index in [1.807, 2.05) is 0 Å². The minimum atomic E-state index is 0.589. The first-order valence-electron chi connectivity index (χ1n) is 6.84. The molecule has 0 spiro atoms. The lowest BCUT2D eigenvalue weighted by molar-refractivity contribution is 0.744. The second-order valence-electron chi connectivity index (χ2n) is 4.50. The quantitative estimate of drug-likeness (QED) is 0.362.